The number of hydrogen-bond acceptors (Lipinski definition) is 4. The molecule has 1 saturated heterocycles. The van der Waals surface area contributed by atoms with E-state index in [0.29, 0.717) is 30.8 Å². The van der Waals surface area contributed by atoms with Crippen LogP contribution in [-0.4, -0.2) is 29.9 Å². The number of carbonyl (C=O) groups is 2. The highest BCUT2D eigenvalue weighted by Crippen LogP contribution is 2.28. The van der Waals surface area contributed by atoms with Crippen molar-refractivity contribution in [3.63, 3.8) is 0 Å². The monoisotopic (exact) mass is 325 g/mol. The van der Waals surface area contributed by atoms with Crippen LogP contribution in [0.5, 0.6) is 5.75 Å². The molecule has 0 radical (unpaired) electrons. The molecule has 6 nitrogen and oxygen atoms in total. The molecule has 1 aliphatic rings. The zero-order valence-corrected chi connectivity index (χ0v) is 13.4. The molecule has 0 aliphatic carbocycles. The van der Waals surface area contributed by atoms with Gasteiger partial charge < -0.3 is 10.1 Å². The summed E-state index contributed by atoms with van der Waals surface area (Å²) in [6.45, 7) is 0.419. The first kappa shape index (κ1) is 16.0. The summed E-state index contributed by atoms with van der Waals surface area (Å²) in [5, 5.41) is 2.90. The van der Waals surface area contributed by atoms with E-state index in [1.54, 1.807) is 48.7 Å². The molecule has 0 saturated carbocycles. The molecule has 1 aromatic carbocycles. The van der Waals surface area contributed by atoms with Crippen molar-refractivity contribution in [1.29, 1.82) is 0 Å². The van der Waals surface area contributed by atoms with Crippen LogP contribution in [0.3, 0.4) is 0 Å². The maximum Gasteiger partial charge on any atom is 0.243 e. The molecule has 1 fully saturated rings. The topological polar surface area (TPSA) is 71.5 Å². The Hall–Kier alpha value is -2.89. The summed E-state index contributed by atoms with van der Waals surface area (Å²) < 4.78 is 5.13. The van der Waals surface area contributed by atoms with Crippen molar-refractivity contribution in [3.05, 3.63) is 54.4 Å². The highest BCUT2D eigenvalue weighted by atomic mass is 16.5. The quantitative estimate of drug-likeness (QED) is 0.911. The lowest BCUT2D eigenvalue weighted by atomic mass is 10.1. The van der Waals surface area contributed by atoms with Crippen LogP contribution < -0.4 is 15.0 Å². The highest BCUT2D eigenvalue weighted by Gasteiger charge is 2.36. The summed E-state index contributed by atoms with van der Waals surface area (Å²) in [7, 11) is 1.59. The molecule has 1 unspecified atom stereocenters. The predicted octanol–water partition coefficient (Wildman–Crippen LogP) is 1.90. The fourth-order valence-corrected chi connectivity index (χ4v) is 2.81. The maximum atomic E-state index is 12.5. The van der Waals surface area contributed by atoms with E-state index in [1.165, 1.54) is 0 Å². The lowest BCUT2D eigenvalue weighted by Gasteiger charge is -2.24. The number of nitrogens with zero attached hydrogens (tertiary/aromatic N) is 2. The number of amides is 2. The van der Waals surface area contributed by atoms with Crippen molar-refractivity contribution in [2.45, 2.75) is 25.4 Å². The van der Waals surface area contributed by atoms with Gasteiger partial charge in [-0.25, -0.2) is 0 Å². The number of methoxy groups -OCH3 is 1. The van der Waals surface area contributed by atoms with Gasteiger partial charge in [0, 0.05) is 31.0 Å². The molecule has 3 rings (SSSR count). The van der Waals surface area contributed by atoms with Gasteiger partial charge in [0.1, 0.15) is 11.8 Å². The molecule has 124 valence electrons. The minimum atomic E-state index is -0.479. The van der Waals surface area contributed by atoms with Crippen LogP contribution >= 0.6 is 0 Å². The number of aromatic nitrogens is 1. The standard InChI is InChI=1S/C18H19N3O3/c1-24-15-4-2-14(3-5-15)21-16(6-7-17(21)22)18(23)20-12-13-8-10-19-11-9-13/h2-5,8-11,16H,6-7,12H2,1H3,(H,20,23). The molecular weight excluding hydrogens is 306 g/mol. The van der Waals surface area contributed by atoms with Crippen molar-refractivity contribution in [1.82, 2.24) is 10.3 Å². The first-order chi connectivity index (χ1) is 11.7. The first-order valence-electron chi connectivity index (χ1n) is 7.82. The van der Waals surface area contributed by atoms with Gasteiger partial charge in [0.05, 0.1) is 7.11 Å². The van der Waals surface area contributed by atoms with Crippen LogP contribution in [0.2, 0.25) is 0 Å². The summed E-state index contributed by atoms with van der Waals surface area (Å²) in [5.41, 5.74) is 1.68. The minimum Gasteiger partial charge on any atom is -0.497 e. The fraction of sp³-hybridized carbons (Fsp3) is 0.278. The van der Waals surface area contributed by atoms with Gasteiger partial charge in [-0.3, -0.25) is 19.5 Å². The summed E-state index contributed by atoms with van der Waals surface area (Å²) in [6.07, 6.45) is 4.26. The maximum absolute atomic E-state index is 12.5. The third kappa shape index (κ3) is 3.37. The molecule has 1 aromatic heterocycles. The van der Waals surface area contributed by atoms with Crippen LogP contribution in [0.25, 0.3) is 0 Å². The van der Waals surface area contributed by atoms with Gasteiger partial charge in [0.2, 0.25) is 11.8 Å². The average Bonchev–Trinajstić information content (AvgIpc) is 3.02. The van der Waals surface area contributed by atoms with Crippen LogP contribution in [0, 0.1) is 0 Å². The van der Waals surface area contributed by atoms with E-state index in [-0.39, 0.29) is 11.8 Å². The van der Waals surface area contributed by atoms with Crippen molar-refractivity contribution < 1.29 is 14.3 Å². The van der Waals surface area contributed by atoms with Gasteiger partial charge in [-0.05, 0) is 48.4 Å². The van der Waals surface area contributed by atoms with Gasteiger partial charge in [-0.15, -0.1) is 0 Å². The Kier molecular flexibility index (Phi) is 4.74. The first-order valence-corrected chi connectivity index (χ1v) is 7.82. The minimum absolute atomic E-state index is 0.0378. The Morgan fingerprint density at radius 3 is 2.62 bits per heavy atom. The normalized spacial score (nSPS) is 17.0. The van der Waals surface area contributed by atoms with Crippen molar-refractivity contribution in [2.75, 3.05) is 12.0 Å². The third-order valence-corrected chi connectivity index (χ3v) is 4.08. The van der Waals surface area contributed by atoms with E-state index in [1.807, 2.05) is 12.1 Å². The Morgan fingerprint density at radius 1 is 1.25 bits per heavy atom. The Morgan fingerprint density at radius 2 is 1.96 bits per heavy atom. The molecule has 1 N–H and O–H groups in total. The lowest BCUT2D eigenvalue weighted by Crippen LogP contribution is -2.44. The van der Waals surface area contributed by atoms with E-state index >= 15 is 0 Å². The van der Waals surface area contributed by atoms with Crippen LogP contribution in [0.1, 0.15) is 18.4 Å². The van der Waals surface area contributed by atoms with Crippen molar-refractivity contribution in [2.24, 2.45) is 0 Å². The second-order valence-corrected chi connectivity index (χ2v) is 5.59. The Labute approximate surface area is 140 Å². The predicted molar refractivity (Wildman–Crippen MR) is 89.6 cm³/mol. The lowest BCUT2D eigenvalue weighted by molar-refractivity contribution is -0.124. The van der Waals surface area contributed by atoms with Gasteiger partial charge in [0.25, 0.3) is 0 Å². The second kappa shape index (κ2) is 7.12. The number of anilines is 1. The number of nitrogens with one attached hydrogen (secondary N) is 1. The van der Waals surface area contributed by atoms with Crippen LogP contribution in [-0.2, 0) is 16.1 Å². The number of pyridine rings is 1. The molecule has 2 heterocycles. The summed E-state index contributed by atoms with van der Waals surface area (Å²) in [4.78, 5) is 30.3. The largest absolute Gasteiger partial charge is 0.497 e. The van der Waals surface area contributed by atoms with Gasteiger partial charge in [0.15, 0.2) is 0 Å². The summed E-state index contributed by atoms with van der Waals surface area (Å²) in [5.74, 6) is 0.529. The molecule has 2 aromatic rings. The number of benzene rings is 1. The molecule has 1 aliphatic heterocycles. The van der Waals surface area contributed by atoms with E-state index in [0.717, 1.165) is 5.56 Å². The van der Waals surface area contributed by atoms with Gasteiger partial charge in [-0.1, -0.05) is 0 Å². The van der Waals surface area contributed by atoms with Crippen LogP contribution in [0.15, 0.2) is 48.8 Å². The highest BCUT2D eigenvalue weighted by molar-refractivity contribution is 6.03. The fourth-order valence-electron chi connectivity index (χ4n) is 2.81. The summed E-state index contributed by atoms with van der Waals surface area (Å²) >= 11 is 0. The van der Waals surface area contributed by atoms with Crippen LogP contribution in [0.4, 0.5) is 5.69 Å². The number of hydrogen-bond donors (Lipinski definition) is 1. The van der Waals surface area contributed by atoms with Gasteiger partial charge in [-0.2, -0.15) is 0 Å². The molecular formula is C18H19N3O3. The molecule has 6 heteroatoms. The molecule has 2 amide bonds. The van der Waals surface area contributed by atoms with Crippen molar-refractivity contribution >= 4 is 17.5 Å². The third-order valence-electron chi connectivity index (χ3n) is 4.08. The molecule has 0 spiro atoms. The van der Waals surface area contributed by atoms with E-state index in [9.17, 15) is 9.59 Å². The SMILES string of the molecule is COc1ccc(N2C(=O)CCC2C(=O)NCc2ccncc2)cc1. The number of carbonyl (C=O) groups excluding carboxylic acids is 2. The molecule has 24 heavy (non-hydrogen) atoms. The second-order valence-electron chi connectivity index (χ2n) is 5.59. The van der Waals surface area contributed by atoms with E-state index in [4.69, 9.17) is 4.74 Å². The smallest absolute Gasteiger partial charge is 0.243 e. The van der Waals surface area contributed by atoms with Crippen molar-refractivity contribution in [3.8, 4) is 5.75 Å². The van der Waals surface area contributed by atoms with E-state index in [2.05, 4.69) is 10.3 Å². The average molecular weight is 325 g/mol. The zero-order valence-electron chi connectivity index (χ0n) is 13.4. The molecule has 1 atom stereocenters. The van der Waals surface area contributed by atoms with Gasteiger partial charge >= 0.3 is 0 Å². The Bertz CT molecular complexity index is 716. The molecule has 0 bridgehead atoms. The number of rotatable bonds is 5. The van der Waals surface area contributed by atoms with E-state index < -0.39 is 6.04 Å². The summed E-state index contributed by atoms with van der Waals surface area (Å²) in [6, 6.07) is 10.4. The number of ether oxygens (including phenoxy) is 1. The zero-order chi connectivity index (χ0) is 16.9. The Balaban J connectivity index is 1.71.